The van der Waals surface area contributed by atoms with Crippen LogP contribution in [0, 0.1) is 0 Å². The zero-order chi connectivity index (χ0) is 12.7. The third kappa shape index (κ3) is 5.20. The number of amides is 1. The van der Waals surface area contributed by atoms with Crippen LogP contribution < -0.4 is 10.1 Å². The number of carbonyl (C=O) groups is 1. The molecule has 3 nitrogen and oxygen atoms in total. The van der Waals surface area contributed by atoms with E-state index in [1.54, 1.807) is 13.2 Å². The first-order valence-corrected chi connectivity index (χ1v) is 5.67. The van der Waals surface area contributed by atoms with Gasteiger partial charge < -0.3 is 10.1 Å². The molecule has 1 amide bonds. The Hall–Kier alpha value is -1.77. The van der Waals surface area contributed by atoms with Crippen LogP contribution >= 0.6 is 0 Å². The van der Waals surface area contributed by atoms with Crippen molar-refractivity contribution in [1.82, 2.24) is 5.32 Å². The SMILES string of the molecule is COc1ccc(CCNC(=O)C=C(C)C)cc1. The van der Waals surface area contributed by atoms with E-state index in [1.807, 2.05) is 38.1 Å². The number of rotatable bonds is 5. The molecule has 0 aliphatic rings. The van der Waals surface area contributed by atoms with Gasteiger partial charge in [0, 0.05) is 12.6 Å². The van der Waals surface area contributed by atoms with Gasteiger partial charge in [-0.1, -0.05) is 17.7 Å². The number of benzene rings is 1. The fourth-order valence-corrected chi connectivity index (χ4v) is 1.44. The maximum atomic E-state index is 11.3. The molecule has 0 saturated carbocycles. The van der Waals surface area contributed by atoms with E-state index in [1.165, 1.54) is 5.56 Å². The number of nitrogens with one attached hydrogen (secondary N) is 1. The van der Waals surface area contributed by atoms with Crippen LogP contribution in [-0.4, -0.2) is 19.6 Å². The number of hydrogen-bond acceptors (Lipinski definition) is 2. The summed E-state index contributed by atoms with van der Waals surface area (Å²) in [7, 11) is 1.65. The second-order valence-electron chi connectivity index (χ2n) is 4.11. The van der Waals surface area contributed by atoms with Gasteiger partial charge in [-0.05, 0) is 38.0 Å². The molecular formula is C14H19NO2. The molecule has 92 valence electrons. The molecule has 17 heavy (non-hydrogen) atoms. The molecule has 1 aromatic rings. The van der Waals surface area contributed by atoms with E-state index in [0.29, 0.717) is 6.54 Å². The zero-order valence-electron chi connectivity index (χ0n) is 10.6. The van der Waals surface area contributed by atoms with Crippen LogP contribution in [0.4, 0.5) is 0 Å². The molecule has 0 saturated heterocycles. The first-order valence-electron chi connectivity index (χ1n) is 5.67. The predicted molar refractivity (Wildman–Crippen MR) is 69.1 cm³/mol. The van der Waals surface area contributed by atoms with E-state index in [-0.39, 0.29) is 5.91 Å². The van der Waals surface area contributed by atoms with Crippen molar-refractivity contribution in [3.8, 4) is 5.75 Å². The van der Waals surface area contributed by atoms with Crippen LogP contribution in [0.25, 0.3) is 0 Å². The van der Waals surface area contributed by atoms with Gasteiger partial charge in [-0.15, -0.1) is 0 Å². The van der Waals surface area contributed by atoms with Crippen LogP contribution in [0.15, 0.2) is 35.9 Å². The first kappa shape index (κ1) is 13.3. The van der Waals surface area contributed by atoms with Crippen LogP contribution in [0.1, 0.15) is 19.4 Å². The second kappa shape index (κ2) is 6.74. The molecule has 3 heteroatoms. The Balaban J connectivity index is 2.35. The van der Waals surface area contributed by atoms with Gasteiger partial charge in [-0.2, -0.15) is 0 Å². The van der Waals surface area contributed by atoms with Crippen LogP contribution in [0.5, 0.6) is 5.75 Å². The third-order valence-electron chi connectivity index (χ3n) is 2.29. The van der Waals surface area contributed by atoms with Gasteiger partial charge in [0.05, 0.1) is 7.11 Å². The summed E-state index contributed by atoms with van der Waals surface area (Å²) in [5.41, 5.74) is 2.19. The quantitative estimate of drug-likeness (QED) is 0.793. The Bertz CT molecular complexity index is 389. The summed E-state index contributed by atoms with van der Waals surface area (Å²) in [6, 6.07) is 7.86. The molecule has 1 N–H and O–H groups in total. The summed E-state index contributed by atoms with van der Waals surface area (Å²) >= 11 is 0. The fraction of sp³-hybridized carbons (Fsp3) is 0.357. The lowest BCUT2D eigenvalue weighted by molar-refractivity contribution is -0.116. The Labute approximate surface area is 102 Å². The summed E-state index contributed by atoms with van der Waals surface area (Å²) in [4.78, 5) is 11.3. The monoisotopic (exact) mass is 233 g/mol. The molecule has 0 atom stereocenters. The summed E-state index contributed by atoms with van der Waals surface area (Å²) < 4.78 is 5.08. The minimum atomic E-state index is -0.0292. The lowest BCUT2D eigenvalue weighted by atomic mass is 10.1. The normalized spacial score (nSPS) is 9.59. The summed E-state index contributed by atoms with van der Waals surface area (Å²) in [5.74, 6) is 0.820. The van der Waals surface area contributed by atoms with Crippen molar-refractivity contribution in [3.63, 3.8) is 0 Å². The number of ether oxygens (including phenoxy) is 1. The van der Waals surface area contributed by atoms with Gasteiger partial charge in [-0.3, -0.25) is 4.79 Å². The van der Waals surface area contributed by atoms with Crippen molar-refractivity contribution in [1.29, 1.82) is 0 Å². The maximum Gasteiger partial charge on any atom is 0.243 e. The Morgan fingerprint density at radius 2 is 1.94 bits per heavy atom. The van der Waals surface area contributed by atoms with Gasteiger partial charge in [-0.25, -0.2) is 0 Å². The summed E-state index contributed by atoms with van der Waals surface area (Å²) in [6.45, 7) is 4.46. The standard InChI is InChI=1S/C14H19NO2/c1-11(2)10-14(16)15-9-8-12-4-6-13(17-3)7-5-12/h4-7,10H,8-9H2,1-3H3,(H,15,16). The third-order valence-corrected chi connectivity index (χ3v) is 2.29. The fourth-order valence-electron chi connectivity index (χ4n) is 1.44. The molecule has 0 spiro atoms. The Kier molecular flexibility index (Phi) is 5.27. The second-order valence-corrected chi connectivity index (χ2v) is 4.11. The lowest BCUT2D eigenvalue weighted by Gasteiger charge is -2.04. The van der Waals surface area contributed by atoms with E-state index in [4.69, 9.17) is 4.74 Å². The van der Waals surface area contributed by atoms with Crippen molar-refractivity contribution < 1.29 is 9.53 Å². The number of allylic oxidation sites excluding steroid dienone is 1. The molecule has 0 fully saturated rings. The minimum absolute atomic E-state index is 0.0292. The Morgan fingerprint density at radius 1 is 1.29 bits per heavy atom. The van der Waals surface area contributed by atoms with E-state index < -0.39 is 0 Å². The topological polar surface area (TPSA) is 38.3 Å². The predicted octanol–water partition coefficient (Wildman–Crippen LogP) is 2.32. The molecular weight excluding hydrogens is 214 g/mol. The molecule has 0 aromatic heterocycles. The van der Waals surface area contributed by atoms with E-state index in [0.717, 1.165) is 17.7 Å². The molecule has 0 aliphatic carbocycles. The molecule has 0 bridgehead atoms. The number of methoxy groups -OCH3 is 1. The van der Waals surface area contributed by atoms with Crippen molar-refractivity contribution >= 4 is 5.91 Å². The number of carbonyl (C=O) groups excluding carboxylic acids is 1. The highest BCUT2D eigenvalue weighted by molar-refractivity contribution is 5.87. The smallest absolute Gasteiger partial charge is 0.243 e. The van der Waals surface area contributed by atoms with Gasteiger partial charge in [0.1, 0.15) is 5.75 Å². The highest BCUT2D eigenvalue weighted by Gasteiger charge is 1.97. The van der Waals surface area contributed by atoms with Gasteiger partial charge in [0.15, 0.2) is 0 Å². The van der Waals surface area contributed by atoms with Gasteiger partial charge >= 0.3 is 0 Å². The maximum absolute atomic E-state index is 11.3. The molecule has 0 aliphatic heterocycles. The minimum Gasteiger partial charge on any atom is -0.497 e. The van der Waals surface area contributed by atoms with Crippen LogP contribution in [0.2, 0.25) is 0 Å². The molecule has 0 heterocycles. The summed E-state index contributed by atoms with van der Waals surface area (Å²) in [5, 5.41) is 2.84. The largest absolute Gasteiger partial charge is 0.497 e. The average molecular weight is 233 g/mol. The van der Waals surface area contributed by atoms with E-state index in [2.05, 4.69) is 5.32 Å². The molecule has 0 unspecified atom stereocenters. The van der Waals surface area contributed by atoms with Crippen molar-refractivity contribution in [2.24, 2.45) is 0 Å². The van der Waals surface area contributed by atoms with E-state index >= 15 is 0 Å². The van der Waals surface area contributed by atoms with E-state index in [9.17, 15) is 4.79 Å². The molecule has 1 aromatic carbocycles. The van der Waals surface area contributed by atoms with Gasteiger partial charge in [0.2, 0.25) is 5.91 Å². The lowest BCUT2D eigenvalue weighted by Crippen LogP contribution is -2.23. The number of hydrogen-bond donors (Lipinski definition) is 1. The Morgan fingerprint density at radius 3 is 2.47 bits per heavy atom. The van der Waals surface area contributed by atoms with Crippen molar-refractivity contribution in [2.75, 3.05) is 13.7 Å². The van der Waals surface area contributed by atoms with Crippen molar-refractivity contribution in [2.45, 2.75) is 20.3 Å². The molecule has 1 rings (SSSR count). The molecule has 0 radical (unpaired) electrons. The highest BCUT2D eigenvalue weighted by Crippen LogP contribution is 2.11. The first-order chi connectivity index (χ1) is 8.11. The van der Waals surface area contributed by atoms with Crippen LogP contribution in [0.3, 0.4) is 0 Å². The van der Waals surface area contributed by atoms with Crippen molar-refractivity contribution in [3.05, 3.63) is 41.5 Å². The van der Waals surface area contributed by atoms with Gasteiger partial charge in [0.25, 0.3) is 0 Å². The zero-order valence-corrected chi connectivity index (χ0v) is 10.6. The summed E-state index contributed by atoms with van der Waals surface area (Å²) in [6.07, 6.45) is 2.43. The highest BCUT2D eigenvalue weighted by atomic mass is 16.5. The average Bonchev–Trinajstić information content (AvgIpc) is 2.29. The van der Waals surface area contributed by atoms with Crippen LogP contribution in [-0.2, 0) is 11.2 Å².